The number of hydrogen-bond acceptors (Lipinski definition) is 0. The van der Waals surface area contributed by atoms with Crippen LogP contribution < -0.4 is 0 Å². The first-order valence-electron chi connectivity index (χ1n) is 8.01. The molecule has 0 N–H and O–H groups in total. The highest BCUT2D eigenvalue weighted by Crippen LogP contribution is 2.51. The monoisotopic (exact) mass is 278 g/mol. The summed E-state index contributed by atoms with van der Waals surface area (Å²) < 4.78 is 0. The summed E-state index contributed by atoms with van der Waals surface area (Å²) in [7, 11) is 0. The predicted octanol–water partition coefficient (Wildman–Crippen LogP) is 5.74. The van der Waals surface area contributed by atoms with Crippen molar-refractivity contribution in [3.05, 3.63) is 71.8 Å². The molecule has 22 heavy (non-hydrogen) atoms. The number of fused-ring (bicyclic) bond motifs is 4. The average molecular weight is 278 g/mol. The molecule has 0 saturated heterocycles. The minimum absolute atomic E-state index is 1.20. The van der Waals surface area contributed by atoms with Crippen molar-refractivity contribution in [1.82, 2.24) is 0 Å². The Hall–Kier alpha value is -2.60. The summed E-state index contributed by atoms with van der Waals surface area (Å²) >= 11 is 0. The van der Waals surface area contributed by atoms with E-state index >= 15 is 0 Å². The van der Waals surface area contributed by atoms with Crippen molar-refractivity contribution >= 4 is 21.5 Å². The van der Waals surface area contributed by atoms with Crippen LogP contribution in [0.3, 0.4) is 0 Å². The molecule has 2 aliphatic carbocycles. The molecular weight excluding hydrogens is 264 g/mol. The van der Waals surface area contributed by atoms with Gasteiger partial charge in [0.05, 0.1) is 0 Å². The molecule has 0 unspecified atom stereocenters. The lowest BCUT2D eigenvalue weighted by atomic mass is 9.99. The van der Waals surface area contributed by atoms with E-state index in [4.69, 9.17) is 0 Å². The van der Waals surface area contributed by atoms with Crippen LogP contribution >= 0.6 is 0 Å². The molecule has 0 bridgehead atoms. The predicted molar refractivity (Wildman–Crippen MR) is 93.3 cm³/mol. The maximum absolute atomic E-state index is 2.37. The zero-order chi connectivity index (χ0) is 14.3. The quantitative estimate of drug-likeness (QED) is 0.339. The minimum Gasteiger partial charge on any atom is -0.0616 e. The molecule has 4 aromatic rings. The standard InChI is InChI=1S/C22H14/c1-2-4-16-12-20-18-10-8-14-6-5-13-7-9-17(22(18)21(13)14)19(20)11-15(16)3-1/h1-4,7-12H,5-6H2. The van der Waals surface area contributed by atoms with Gasteiger partial charge in [-0.15, -0.1) is 0 Å². The molecule has 0 fully saturated rings. The Kier molecular flexibility index (Phi) is 1.80. The molecule has 6 rings (SSSR count). The van der Waals surface area contributed by atoms with Crippen molar-refractivity contribution in [3.63, 3.8) is 0 Å². The minimum atomic E-state index is 1.20. The van der Waals surface area contributed by atoms with E-state index in [2.05, 4.69) is 60.7 Å². The summed E-state index contributed by atoms with van der Waals surface area (Å²) in [6.07, 6.45) is 2.40. The fraction of sp³-hybridized carbons (Fsp3) is 0.0909. The maximum atomic E-state index is 2.37. The Morgan fingerprint density at radius 1 is 0.500 bits per heavy atom. The van der Waals surface area contributed by atoms with E-state index in [0.717, 1.165) is 0 Å². The van der Waals surface area contributed by atoms with Crippen LogP contribution in [-0.2, 0) is 12.8 Å². The van der Waals surface area contributed by atoms with Gasteiger partial charge in [-0.25, -0.2) is 0 Å². The summed E-state index contributed by atoms with van der Waals surface area (Å²) in [5.74, 6) is 0. The van der Waals surface area contributed by atoms with Gasteiger partial charge < -0.3 is 0 Å². The van der Waals surface area contributed by atoms with Crippen molar-refractivity contribution in [3.8, 4) is 22.3 Å². The first kappa shape index (κ1) is 11.0. The second kappa shape index (κ2) is 3.59. The number of aryl methyl sites for hydroxylation is 2. The fourth-order valence-corrected chi connectivity index (χ4v) is 4.46. The van der Waals surface area contributed by atoms with Crippen LogP contribution in [0.25, 0.3) is 43.8 Å². The molecule has 0 heteroatoms. The molecule has 0 amide bonds. The van der Waals surface area contributed by atoms with Crippen LogP contribution in [0.15, 0.2) is 60.7 Å². The van der Waals surface area contributed by atoms with Crippen LogP contribution in [-0.4, -0.2) is 0 Å². The third-order valence-electron chi connectivity index (χ3n) is 5.46. The van der Waals surface area contributed by atoms with E-state index in [-0.39, 0.29) is 0 Å². The summed E-state index contributed by atoms with van der Waals surface area (Å²) in [5, 5.41) is 5.70. The van der Waals surface area contributed by atoms with Gasteiger partial charge in [-0.2, -0.15) is 0 Å². The third-order valence-corrected chi connectivity index (χ3v) is 5.46. The second-order valence-corrected chi connectivity index (χ2v) is 6.54. The zero-order valence-corrected chi connectivity index (χ0v) is 12.2. The zero-order valence-electron chi connectivity index (χ0n) is 12.2. The highest BCUT2D eigenvalue weighted by Gasteiger charge is 2.26. The molecule has 0 nitrogen and oxygen atoms in total. The van der Waals surface area contributed by atoms with Crippen LogP contribution in [0.1, 0.15) is 11.1 Å². The summed E-state index contributed by atoms with van der Waals surface area (Å²) in [6, 6.07) is 22.8. The number of hydrogen-bond donors (Lipinski definition) is 0. The molecule has 0 aliphatic heterocycles. The van der Waals surface area contributed by atoms with Crippen LogP contribution in [0.5, 0.6) is 0 Å². The molecule has 0 radical (unpaired) electrons. The van der Waals surface area contributed by atoms with Gasteiger partial charge in [0.2, 0.25) is 0 Å². The van der Waals surface area contributed by atoms with Gasteiger partial charge in [0, 0.05) is 0 Å². The second-order valence-electron chi connectivity index (χ2n) is 6.54. The average Bonchev–Trinajstić information content (AvgIpc) is 3.11. The molecule has 2 aliphatic rings. The molecule has 0 atom stereocenters. The summed E-state index contributed by atoms with van der Waals surface area (Å²) in [4.78, 5) is 0. The van der Waals surface area contributed by atoms with Gasteiger partial charge in [-0.1, -0.05) is 48.5 Å². The molecule has 102 valence electrons. The lowest BCUT2D eigenvalue weighted by Crippen LogP contribution is -1.80. The molecule has 0 heterocycles. The van der Waals surface area contributed by atoms with Crippen molar-refractivity contribution in [2.24, 2.45) is 0 Å². The highest BCUT2D eigenvalue weighted by atomic mass is 14.3. The Bertz CT molecular complexity index is 1030. The third kappa shape index (κ3) is 1.16. The van der Waals surface area contributed by atoms with Gasteiger partial charge in [-0.3, -0.25) is 0 Å². The maximum Gasteiger partial charge on any atom is -0.00208 e. The molecular formula is C22H14. The van der Waals surface area contributed by atoms with Crippen LogP contribution in [0.4, 0.5) is 0 Å². The smallest absolute Gasteiger partial charge is 0.00208 e. The van der Waals surface area contributed by atoms with Crippen molar-refractivity contribution < 1.29 is 0 Å². The van der Waals surface area contributed by atoms with Crippen molar-refractivity contribution in [2.45, 2.75) is 12.8 Å². The first-order chi connectivity index (χ1) is 10.9. The summed E-state index contributed by atoms with van der Waals surface area (Å²) in [5.41, 5.74) is 8.74. The Morgan fingerprint density at radius 2 is 1.05 bits per heavy atom. The van der Waals surface area contributed by atoms with Crippen molar-refractivity contribution in [1.29, 1.82) is 0 Å². The van der Waals surface area contributed by atoms with Gasteiger partial charge in [0.25, 0.3) is 0 Å². The van der Waals surface area contributed by atoms with Gasteiger partial charge in [0.1, 0.15) is 0 Å². The number of benzene rings is 4. The van der Waals surface area contributed by atoms with Gasteiger partial charge in [0.15, 0.2) is 0 Å². The van der Waals surface area contributed by atoms with Gasteiger partial charge in [-0.05, 0) is 79.9 Å². The van der Waals surface area contributed by atoms with E-state index in [0.29, 0.717) is 0 Å². The molecule has 0 aromatic heterocycles. The molecule has 4 aromatic carbocycles. The summed E-state index contributed by atoms with van der Waals surface area (Å²) in [6.45, 7) is 0. The van der Waals surface area contributed by atoms with Crippen LogP contribution in [0, 0.1) is 0 Å². The van der Waals surface area contributed by atoms with Crippen LogP contribution in [0.2, 0.25) is 0 Å². The van der Waals surface area contributed by atoms with E-state index in [1.54, 1.807) is 0 Å². The van der Waals surface area contributed by atoms with Gasteiger partial charge >= 0.3 is 0 Å². The van der Waals surface area contributed by atoms with E-state index in [9.17, 15) is 0 Å². The van der Waals surface area contributed by atoms with Crippen molar-refractivity contribution in [2.75, 3.05) is 0 Å². The topological polar surface area (TPSA) is 0 Å². The largest absolute Gasteiger partial charge is 0.0616 e. The number of rotatable bonds is 0. The fourth-order valence-electron chi connectivity index (χ4n) is 4.46. The Labute approximate surface area is 129 Å². The first-order valence-corrected chi connectivity index (χ1v) is 8.01. The lowest BCUT2D eigenvalue weighted by Gasteiger charge is -2.05. The molecule has 0 saturated carbocycles. The Morgan fingerprint density at radius 3 is 1.59 bits per heavy atom. The Balaban J connectivity index is 1.85. The lowest BCUT2D eigenvalue weighted by molar-refractivity contribution is 1.02. The highest BCUT2D eigenvalue weighted by molar-refractivity contribution is 6.19. The molecule has 0 spiro atoms. The van der Waals surface area contributed by atoms with E-state index in [1.807, 2.05) is 0 Å². The van der Waals surface area contributed by atoms with E-state index < -0.39 is 0 Å². The van der Waals surface area contributed by atoms with E-state index in [1.165, 1.54) is 67.8 Å². The SMILES string of the molecule is c1ccc2cc3c(cc2c1)-c1ccc2c4c(ccc-3c14)CC2. The normalized spacial score (nSPS) is 14.0.